The molecule has 1 amide bonds. The molecule has 1 unspecified atom stereocenters. The van der Waals surface area contributed by atoms with E-state index in [1.807, 2.05) is 17.9 Å². The molecule has 170 valence electrons. The molecule has 1 fully saturated rings. The minimum absolute atomic E-state index is 0.00959. The predicted molar refractivity (Wildman–Crippen MR) is 123 cm³/mol. The number of oxazole rings is 1. The van der Waals surface area contributed by atoms with Gasteiger partial charge in [-0.1, -0.05) is 12.1 Å². The summed E-state index contributed by atoms with van der Waals surface area (Å²) in [5.74, 6) is 0.889. The number of rotatable bonds is 4. The van der Waals surface area contributed by atoms with Gasteiger partial charge in [0.2, 0.25) is 0 Å². The highest BCUT2D eigenvalue weighted by Crippen LogP contribution is 2.32. The lowest BCUT2D eigenvalue weighted by molar-refractivity contribution is 0.0702. The summed E-state index contributed by atoms with van der Waals surface area (Å²) in [6.45, 7) is 2.95. The number of hydrogen-bond donors (Lipinski definition) is 0. The topological polar surface area (TPSA) is 81.2 Å². The van der Waals surface area contributed by atoms with E-state index in [4.69, 9.17) is 4.42 Å². The average Bonchev–Trinajstić information content (AvgIpc) is 3.41. The fraction of sp³-hybridized carbons (Fsp3) is 0.333. The van der Waals surface area contributed by atoms with Crippen molar-refractivity contribution in [3.8, 4) is 0 Å². The molecule has 1 saturated heterocycles. The zero-order valence-electron chi connectivity index (χ0n) is 18.4. The van der Waals surface area contributed by atoms with E-state index >= 15 is 0 Å². The molecule has 7 nitrogen and oxygen atoms in total. The molecule has 4 heterocycles. The molecule has 1 aliphatic rings. The third-order valence-electron chi connectivity index (χ3n) is 6.10. The lowest BCUT2D eigenvalue weighted by Gasteiger charge is -2.31. The van der Waals surface area contributed by atoms with Crippen LogP contribution in [0.4, 0.5) is 4.39 Å². The first-order valence-corrected chi connectivity index (χ1v) is 11.7. The number of carbonyl (C=O) groups is 1. The van der Waals surface area contributed by atoms with Gasteiger partial charge in [-0.15, -0.1) is 11.3 Å². The fourth-order valence-electron chi connectivity index (χ4n) is 4.36. The summed E-state index contributed by atoms with van der Waals surface area (Å²) < 4.78 is 20.9. The molecule has 1 aliphatic heterocycles. The van der Waals surface area contributed by atoms with E-state index < -0.39 is 0 Å². The Kier molecular flexibility index (Phi) is 5.57. The van der Waals surface area contributed by atoms with Gasteiger partial charge < -0.3 is 13.9 Å². The predicted octanol–water partition coefficient (Wildman–Crippen LogP) is 4.04. The van der Waals surface area contributed by atoms with Crippen LogP contribution in [0.25, 0.3) is 10.2 Å². The number of thiophene rings is 1. The van der Waals surface area contributed by atoms with E-state index in [1.165, 1.54) is 34.4 Å². The van der Waals surface area contributed by atoms with Crippen LogP contribution in [0.15, 0.2) is 46.0 Å². The molecule has 33 heavy (non-hydrogen) atoms. The van der Waals surface area contributed by atoms with Crippen LogP contribution >= 0.6 is 11.3 Å². The van der Waals surface area contributed by atoms with Crippen LogP contribution in [0.5, 0.6) is 0 Å². The highest BCUT2D eigenvalue weighted by atomic mass is 32.1. The minimum atomic E-state index is -0.279. The maximum absolute atomic E-state index is 13.5. The van der Waals surface area contributed by atoms with Crippen molar-refractivity contribution in [2.45, 2.75) is 32.1 Å². The quantitative estimate of drug-likeness (QED) is 0.453. The Bertz CT molecular complexity index is 1410. The number of nitrogens with zero attached hydrogens (tertiary/aromatic N) is 4. The highest BCUT2D eigenvalue weighted by molar-refractivity contribution is 7.20. The molecule has 0 saturated carbocycles. The third kappa shape index (κ3) is 4.08. The molecule has 0 aliphatic carbocycles. The molecule has 0 radical (unpaired) electrons. The zero-order chi connectivity index (χ0) is 23.1. The van der Waals surface area contributed by atoms with Crippen molar-refractivity contribution < 1.29 is 13.6 Å². The Labute approximate surface area is 193 Å². The minimum Gasteiger partial charge on any atom is -0.445 e. The summed E-state index contributed by atoms with van der Waals surface area (Å²) in [5.41, 5.74) is 1.36. The second kappa shape index (κ2) is 8.55. The van der Waals surface area contributed by atoms with Crippen molar-refractivity contribution in [3.05, 3.63) is 80.6 Å². The van der Waals surface area contributed by atoms with Gasteiger partial charge in [-0.3, -0.25) is 9.59 Å². The summed E-state index contributed by atoms with van der Waals surface area (Å²) in [6.07, 6.45) is 5.33. The lowest BCUT2D eigenvalue weighted by Crippen LogP contribution is -2.39. The number of fused-ring (bicyclic) bond motifs is 1. The molecule has 1 aromatic carbocycles. The molecule has 0 N–H and O–H groups in total. The van der Waals surface area contributed by atoms with Crippen molar-refractivity contribution in [1.82, 2.24) is 19.4 Å². The molecular weight excluding hydrogens is 443 g/mol. The van der Waals surface area contributed by atoms with E-state index in [1.54, 1.807) is 19.3 Å². The van der Waals surface area contributed by atoms with Crippen LogP contribution in [-0.2, 0) is 13.5 Å². The SMILES string of the molecule is Cc1c(C(=O)N2CCCC(c3ncc(Cc4cccc(F)c4)o3)C2)sc2ncn(C)c(=O)c12. The van der Waals surface area contributed by atoms with Crippen LogP contribution in [0.1, 0.15) is 51.2 Å². The van der Waals surface area contributed by atoms with Crippen LogP contribution in [-0.4, -0.2) is 38.4 Å². The average molecular weight is 467 g/mol. The monoisotopic (exact) mass is 466 g/mol. The molecule has 0 spiro atoms. The van der Waals surface area contributed by atoms with Crippen LogP contribution < -0.4 is 5.56 Å². The number of carbonyl (C=O) groups excluding carboxylic acids is 1. The number of hydrogen-bond acceptors (Lipinski definition) is 6. The Morgan fingerprint density at radius 2 is 2.18 bits per heavy atom. The second-order valence-electron chi connectivity index (χ2n) is 8.46. The summed E-state index contributed by atoms with van der Waals surface area (Å²) in [4.78, 5) is 37.6. The van der Waals surface area contributed by atoms with E-state index in [-0.39, 0.29) is 23.2 Å². The molecule has 3 aromatic heterocycles. The van der Waals surface area contributed by atoms with Gasteiger partial charge in [0.1, 0.15) is 16.4 Å². The number of amides is 1. The smallest absolute Gasteiger partial charge is 0.264 e. The fourth-order valence-corrected chi connectivity index (χ4v) is 5.47. The Morgan fingerprint density at radius 3 is 3.00 bits per heavy atom. The third-order valence-corrected chi connectivity index (χ3v) is 7.29. The molecule has 4 aromatic rings. The number of aryl methyl sites for hydroxylation is 2. The van der Waals surface area contributed by atoms with E-state index in [0.717, 1.165) is 18.4 Å². The van der Waals surface area contributed by atoms with Gasteiger partial charge in [0.25, 0.3) is 11.5 Å². The van der Waals surface area contributed by atoms with Crippen molar-refractivity contribution in [1.29, 1.82) is 0 Å². The van der Waals surface area contributed by atoms with Gasteiger partial charge >= 0.3 is 0 Å². The largest absolute Gasteiger partial charge is 0.445 e. The molecule has 9 heteroatoms. The first kappa shape index (κ1) is 21.5. The van der Waals surface area contributed by atoms with Crippen molar-refractivity contribution in [3.63, 3.8) is 0 Å². The number of halogens is 1. The van der Waals surface area contributed by atoms with Gasteiger partial charge in [-0.25, -0.2) is 14.4 Å². The van der Waals surface area contributed by atoms with Gasteiger partial charge in [0.05, 0.1) is 28.7 Å². The van der Waals surface area contributed by atoms with Gasteiger partial charge in [-0.05, 0) is 43.0 Å². The maximum Gasteiger partial charge on any atom is 0.264 e. The first-order valence-electron chi connectivity index (χ1n) is 10.8. The molecular formula is C24H23FN4O3S. The Morgan fingerprint density at radius 1 is 1.33 bits per heavy atom. The lowest BCUT2D eigenvalue weighted by atomic mass is 9.97. The Balaban J connectivity index is 1.34. The normalized spacial score (nSPS) is 16.5. The summed E-state index contributed by atoms with van der Waals surface area (Å²) in [6, 6.07) is 6.42. The number of benzene rings is 1. The molecule has 1 atom stereocenters. The van der Waals surface area contributed by atoms with Crippen LogP contribution in [0.3, 0.4) is 0 Å². The van der Waals surface area contributed by atoms with Crippen molar-refractivity contribution in [2.24, 2.45) is 7.05 Å². The van der Waals surface area contributed by atoms with Gasteiger partial charge in [0, 0.05) is 26.6 Å². The second-order valence-corrected chi connectivity index (χ2v) is 9.46. The van der Waals surface area contributed by atoms with E-state index in [0.29, 0.717) is 51.8 Å². The van der Waals surface area contributed by atoms with Crippen molar-refractivity contribution >= 4 is 27.5 Å². The van der Waals surface area contributed by atoms with Gasteiger partial charge in [0.15, 0.2) is 5.89 Å². The standard InChI is InChI=1S/C24H23FN4O3S/c1-14-19-22(27-13-28(2)23(19)30)33-20(14)24(31)29-8-4-6-16(12-29)21-26-11-18(32-21)10-15-5-3-7-17(25)9-15/h3,5,7,9,11,13,16H,4,6,8,10,12H2,1-2H3. The summed E-state index contributed by atoms with van der Waals surface area (Å²) in [5, 5.41) is 0.511. The van der Waals surface area contributed by atoms with E-state index in [2.05, 4.69) is 9.97 Å². The van der Waals surface area contributed by atoms with Crippen LogP contribution in [0, 0.1) is 12.7 Å². The number of likely N-dealkylation sites (tertiary alicyclic amines) is 1. The number of piperidine rings is 1. The highest BCUT2D eigenvalue weighted by Gasteiger charge is 2.30. The summed E-state index contributed by atoms with van der Waals surface area (Å²) >= 11 is 1.27. The summed E-state index contributed by atoms with van der Waals surface area (Å²) in [7, 11) is 1.65. The van der Waals surface area contributed by atoms with E-state index in [9.17, 15) is 14.0 Å². The zero-order valence-corrected chi connectivity index (χ0v) is 19.2. The van der Waals surface area contributed by atoms with Crippen LogP contribution in [0.2, 0.25) is 0 Å². The van der Waals surface area contributed by atoms with Gasteiger partial charge in [-0.2, -0.15) is 0 Å². The first-order chi connectivity index (χ1) is 15.9. The molecule has 0 bridgehead atoms. The van der Waals surface area contributed by atoms with Crippen molar-refractivity contribution in [2.75, 3.05) is 13.1 Å². The molecule has 5 rings (SSSR count). The maximum atomic E-state index is 13.5. The number of aromatic nitrogens is 3. The Hall–Kier alpha value is -3.33.